The summed E-state index contributed by atoms with van der Waals surface area (Å²) in [4.78, 5) is 16.3. The van der Waals surface area contributed by atoms with E-state index in [1.54, 1.807) is 18.3 Å². The molecule has 0 aliphatic heterocycles. The van der Waals surface area contributed by atoms with Gasteiger partial charge in [-0.2, -0.15) is 0 Å². The molecule has 1 heterocycles. The van der Waals surface area contributed by atoms with Crippen LogP contribution in [-0.2, 0) is 15.4 Å². The first-order valence-corrected chi connectivity index (χ1v) is 8.08. The van der Waals surface area contributed by atoms with E-state index < -0.39 is 6.10 Å². The summed E-state index contributed by atoms with van der Waals surface area (Å²) < 4.78 is 5.25. The van der Waals surface area contributed by atoms with Crippen molar-refractivity contribution < 1.29 is 9.53 Å². The highest BCUT2D eigenvalue weighted by molar-refractivity contribution is 7.13. The maximum Gasteiger partial charge on any atom is 0.253 e. The second kappa shape index (κ2) is 7.54. The van der Waals surface area contributed by atoms with Crippen molar-refractivity contribution in [2.24, 2.45) is 0 Å². The summed E-state index contributed by atoms with van der Waals surface area (Å²) in [7, 11) is 0. The SMILES string of the molecule is CCOC(C)C(=O)Nc1ccc(-c2nc(CCl)cs2)cc1. The quantitative estimate of drug-likeness (QED) is 0.819. The van der Waals surface area contributed by atoms with Crippen LogP contribution < -0.4 is 5.32 Å². The Bertz CT molecular complexity index is 598. The fourth-order valence-corrected chi connectivity index (χ4v) is 2.82. The summed E-state index contributed by atoms with van der Waals surface area (Å²) in [6, 6.07) is 7.57. The summed E-state index contributed by atoms with van der Waals surface area (Å²) in [5.41, 5.74) is 2.62. The molecule has 1 atom stereocenters. The normalized spacial score (nSPS) is 12.1. The van der Waals surface area contributed by atoms with Gasteiger partial charge in [0.15, 0.2) is 0 Å². The molecule has 1 aromatic carbocycles. The number of rotatable bonds is 6. The van der Waals surface area contributed by atoms with Crippen molar-refractivity contribution in [2.45, 2.75) is 25.8 Å². The standard InChI is InChI=1S/C15H17ClN2O2S/c1-3-20-10(2)14(19)17-12-6-4-11(5-7-12)15-18-13(8-16)9-21-15/h4-7,9-10H,3,8H2,1-2H3,(H,17,19). The van der Waals surface area contributed by atoms with Gasteiger partial charge in [0.2, 0.25) is 0 Å². The minimum absolute atomic E-state index is 0.150. The number of carbonyl (C=O) groups excluding carboxylic acids is 1. The van der Waals surface area contributed by atoms with Crippen LogP contribution in [0.4, 0.5) is 5.69 Å². The van der Waals surface area contributed by atoms with Crippen LogP contribution in [0.15, 0.2) is 29.6 Å². The number of carbonyl (C=O) groups is 1. The highest BCUT2D eigenvalue weighted by Crippen LogP contribution is 2.25. The van der Waals surface area contributed by atoms with Gasteiger partial charge in [-0.1, -0.05) is 0 Å². The van der Waals surface area contributed by atoms with Crippen LogP contribution in [0.1, 0.15) is 19.5 Å². The van der Waals surface area contributed by atoms with E-state index in [9.17, 15) is 4.79 Å². The minimum atomic E-state index is -0.458. The first-order chi connectivity index (χ1) is 10.1. The predicted octanol–water partition coefficient (Wildman–Crippen LogP) is 3.91. The van der Waals surface area contributed by atoms with Crippen LogP contribution in [0.2, 0.25) is 0 Å². The van der Waals surface area contributed by atoms with Crippen LogP contribution in [0, 0.1) is 0 Å². The van der Waals surface area contributed by atoms with E-state index in [1.165, 1.54) is 0 Å². The zero-order valence-electron chi connectivity index (χ0n) is 11.9. The molecular weight excluding hydrogens is 308 g/mol. The number of anilines is 1. The van der Waals surface area contributed by atoms with Gasteiger partial charge in [0.1, 0.15) is 11.1 Å². The van der Waals surface area contributed by atoms with Crippen molar-refractivity contribution in [3.05, 3.63) is 35.3 Å². The number of hydrogen-bond acceptors (Lipinski definition) is 4. The number of hydrogen-bond donors (Lipinski definition) is 1. The maximum absolute atomic E-state index is 11.8. The third-order valence-electron chi connectivity index (χ3n) is 2.87. The Morgan fingerprint density at radius 2 is 2.14 bits per heavy atom. The molecule has 4 nitrogen and oxygen atoms in total. The van der Waals surface area contributed by atoms with E-state index in [-0.39, 0.29) is 5.91 Å². The van der Waals surface area contributed by atoms with Crippen LogP contribution in [0.25, 0.3) is 10.6 Å². The number of aromatic nitrogens is 1. The van der Waals surface area contributed by atoms with Gasteiger partial charge >= 0.3 is 0 Å². The van der Waals surface area contributed by atoms with Gasteiger partial charge in [0.05, 0.1) is 11.6 Å². The number of benzene rings is 1. The lowest BCUT2D eigenvalue weighted by atomic mass is 10.2. The molecule has 1 N–H and O–H groups in total. The van der Waals surface area contributed by atoms with Crippen molar-refractivity contribution in [1.29, 1.82) is 0 Å². The molecule has 21 heavy (non-hydrogen) atoms. The Morgan fingerprint density at radius 3 is 2.71 bits per heavy atom. The van der Waals surface area contributed by atoms with Crippen molar-refractivity contribution in [2.75, 3.05) is 11.9 Å². The molecule has 2 aromatic rings. The van der Waals surface area contributed by atoms with Gasteiger partial charge in [-0.25, -0.2) is 4.98 Å². The second-order valence-electron chi connectivity index (χ2n) is 4.44. The van der Waals surface area contributed by atoms with Gasteiger partial charge < -0.3 is 10.1 Å². The van der Waals surface area contributed by atoms with Crippen molar-refractivity contribution in [1.82, 2.24) is 4.98 Å². The molecule has 1 aromatic heterocycles. The Hall–Kier alpha value is -1.43. The van der Waals surface area contributed by atoms with Crippen molar-refractivity contribution in [3.63, 3.8) is 0 Å². The fraction of sp³-hybridized carbons (Fsp3) is 0.333. The molecule has 1 amide bonds. The van der Waals surface area contributed by atoms with Crippen LogP contribution in [0.5, 0.6) is 0 Å². The Balaban J connectivity index is 2.03. The number of nitrogens with one attached hydrogen (secondary N) is 1. The van der Waals surface area contributed by atoms with Gasteiger partial charge in [-0.15, -0.1) is 22.9 Å². The predicted molar refractivity (Wildman–Crippen MR) is 86.8 cm³/mol. The van der Waals surface area contributed by atoms with Crippen LogP contribution >= 0.6 is 22.9 Å². The summed E-state index contributed by atoms with van der Waals surface area (Å²) in [5, 5.41) is 5.69. The molecule has 6 heteroatoms. The molecule has 0 saturated heterocycles. The fourth-order valence-electron chi connectivity index (χ4n) is 1.77. The number of alkyl halides is 1. The van der Waals surface area contributed by atoms with Gasteiger partial charge in [0, 0.05) is 23.2 Å². The molecule has 0 aliphatic rings. The number of halogens is 1. The second-order valence-corrected chi connectivity index (χ2v) is 5.57. The van der Waals surface area contributed by atoms with E-state index in [1.807, 2.05) is 36.6 Å². The van der Waals surface area contributed by atoms with Crippen molar-refractivity contribution >= 4 is 34.5 Å². The van der Waals surface area contributed by atoms with Crippen LogP contribution in [-0.4, -0.2) is 23.6 Å². The van der Waals surface area contributed by atoms with Gasteiger partial charge in [0.25, 0.3) is 5.91 Å². The molecule has 0 aliphatic carbocycles. The molecule has 1 unspecified atom stereocenters. The average molecular weight is 325 g/mol. The number of thiazole rings is 1. The van der Waals surface area contributed by atoms with Crippen LogP contribution in [0.3, 0.4) is 0 Å². The van der Waals surface area contributed by atoms with E-state index in [0.717, 1.165) is 22.0 Å². The topological polar surface area (TPSA) is 51.2 Å². The number of amides is 1. The highest BCUT2D eigenvalue weighted by atomic mass is 35.5. The Kier molecular flexibility index (Phi) is 5.73. The monoisotopic (exact) mass is 324 g/mol. The zero-order chi connectivity index (χ0) is 15.2. The lowest BCUT2D eigenvalue weighted by molar-refractivity contribution is -0.126. The highest BCUT2D eigenvalue weighted by Gasteiger charge is 2.12. The molecule has 0 saturated carbocycles. The van der Waals surface area contributed by atoms with E-state index in [2.05, 4.69) is 10.3 Å². The molecule has 0 bridgehead atoms. The van der Waals surface area contributed by atoms with E-state index in [0.29, 0.717) is 12.5 Å². The average Bonchev–Trinajstić information content (AvgIpc) is 2.97. The Morgan fingerprint density at radius 1 is 1.43 bits per heavy atom. The maximum atomic E-state index is 11.8. The number of ether oxygens (including phenoxy) is 1. The Labute approximate surface area is 133 Å². The zero-order valence-corrected chi connectivity index (χ0v) is 13.5. The van der Waals surface area contributed by atoms with E-state index >= 15 is 0 Å². The molecule has 112 valence electrons. The first-order valence-electron chi connectivity index (χ1n) is 6.67. The smallest absolute Gasteiger partial charge is 0.253 e. The lowest BCUT2D eigenvalue weighted by Crippen LogP contribution is -2.27. The number of nitrogens with zero attached hydrogens (tertiary/aromatic N) is 1. The largest absolute Gasteiger partial charge is 0.369 e. The summed E-state index contributed by atoms with van der Waals surface area (Å²) in [6.45, 7) is 4.11. The molecule has 0 radical (unpaired) electrons. The minimum Gasteiger partial charge on any atom is -0.369 e. The molecule has 0 fully saturated rings. The summed E-state index contributed by atoms with van der Waals surface area (Å²) in [5.74, 6) is 0.267. The first kappa shape index (κ1) is 15.9. The lowest BCUT2D eigenvalue weighted by Gasteiger charge is -2.12. The van der Waals surface area contributed by atoms with Gasteiger partial charge in [-0.05, 0) is 38.1 Å². The molecule has 2 rings (SSSR count). The van der Waals surface area contributed by atoms with Gasteiger partial charge in [-0.3, -0.25) is 4.79 Å². The van der Waals surface area contributed by atoms with E-state index in [4.69, 9.17) is 16.3 Å². The molecular formula is C15H17ClN2O2S. The molecule has 0 spiro atoms. The third kappa shape index (κ3) is 4.27. The third-order valence-corrected chi connectivity index (χ3v) is 4.09. The summed E-state index contributed by atoms with van der Waals surface area (Å²) >= 11 is 7.31. The summed E-state index contributed by atoms with van der Waals surface area (Å²) in [6.07, 6.45) is -0.458. The van der Waals surface area contributed by atoms with Crippen molar-refractivity contribution in [3.8, 4) is 10.6 Å².